The van der Waals surface area contributed by atoms with Gasteiger partial charge >= 0.3 is 0 Å². The summed E-state index contributed by atoms with van der Waals surface area (Å²) in [7, 11) is 0. The molecule has 0 unspecified atom stereocenters. The Hall–Kier alpha value is -11.1. The molecule has 0 fully saturated rings. The Morgan fingerprint density at radius 1 is 0.287 bits per heavy atom. The van der Waals surface area contributed by atoms with E-state index in [1.165, 1.54) is 21.5 Å². The average molecular weight is 1020 g/mol. The van der Waals surface area contributed by atoms with Gasteiger partial charge in [-0.1, -0.05) is 164 Å². The number of fused-ring (bicyclic) bond motifs is 15. The molecule has 0 aliphatic carbocycles. The van der Waals surface area contributed by atoms with Crippen LogP contribution in [-0.2, 0) is 0 Å². The van der Waals surface area contributed by atoms with E-state index in [1.54, 1.807) is 0 Å². The Labute approximate surface area is 457 Å². The number of rotatable bonds is 6. The molecule has 0 aliphatic rings. The van der Waals surface area contributed by atoms with Crippen molar-refractivity contribution >= 4 is 109 Å². The summed E-state index contributed by atoms with van der Waals surface area (Å²) in [4.78, 5) is 11.2. The van der Waals surface area contributed by atoms with E-state index in [9.17, 15) is 5.26 Å². The summed E-state index contributed by atoms with van der Waals surface area (Å²) in [6.45, 7) is 0. The number of para-hydroxylation sites is 6. The highest BCUT2D eigenvalue weighted by Gasteiger charge is 2.23. The largest absolute Gasteiger partial charge is 0.309 e. The maximum Gasteiger partial charge on any atom is 0.160 e. The van der Waals surface area contributed by atoms with Gasteiger partial charge in [0.15, 0.2) is 5.82 Å². The molecule has 17 rings (SSSR count). The van der Waals surface area contributed by atoms with Crippen LogP contribution in [0.25, 0.3) is 154 Å². The van der Waals surface area contributed by atoms with Gasteiger partial charge in [-0.2, -0.15) is 5.26 Å². The first kappa shape index (κ1) is 44.1. The van der Waals surface area contributed by atoms with Crippen LogP contribution < -0.4 is 0 Å². The number of hydrogen-bond acceptors (Lipinski definition) is 3. The van der Waals surface area contributed by atoms with Crippen molar-refractivity contribution in [1.82, 2.24) is 28.2 Å². The lowest BCUT2D eigenvalue weighted by Crippen LogP contribution is -2.03. The van der Waals surface area contributed by atoms with Gasteiger partial charge in [-0.05, 0) is 108 Å². The topological polar surface area (TPSA) is 69.3 Å². The van der Waals surface area contributed by atoms with Gasteiger partial charge in [0, 0.05) is 82.4 Å². The third-order valence-corrected chi connectivity index (χ3v) is 16.5. The van der Waals surface area contributed by atoms with E-state index < -0.39 is 0 Å². The summed E-state index contributed by atoms with van der Waals surface area (Å²) >= 11 is 0. The lowest BCUT2D eigenvalue weighted by Gasteiger charge is -2.17. The van der Waals surface area contributed by atoms with Crippen LogP contribution >= 0.6 is 0 Å². The van der Waals surface area contributed by atoms with Crippen LogP contribution in [0.5, 0.6) is 0 Å². The molecule has 0 spiro atoms. The van der Waals surface area contributed by atoms with Crippen molar-refractivity contribution in [2.24, 2.45) is 0 Å². The maximum absolute atomic E-state index is 10.2. The molecule has 7 nitrogen and oxygen atoms in total. The summed E-state index contributed by atoms with van der Waals surface area (Å²) in [5.41, 5.74) is 16.9. The lowest BCUT2D eigenvalue weighted by molar-refractivity contribution is 1.12. The number of hydrogen-bond donors (Lipinski definition) is 0. The summed E-state index contributed by atoms with van der Waals surface area (Å²) in [5.74, 6) is 0.576. The van der Waals surface area contributed by atoms with Crippen molar-refractivity contribution < 1.29 is 0 Å². The molecule has 370 valence electrons. The molecule has 7 heteroatoms. The van der Waals surface area contributed by atoms with E-state index in [2.05, 4.69) is 267 Å². The van der Waals surface area contributed by atoms with E-state index in [-0.39, 0.29) is 0 Å². The second-order valence-electron chi connectivity index (χ2n) is 20.9. The SMILES string of the molecule is N#Cc1cccc(-c2nc(-c3cc(-n4c5ccccc5c5ccc(-n6c7ccccc7c7ccccc76)cc54)cc(-n4c5ccccc5c5ccc(-n6c7ccccc7c7ccccc76)cc54)c3)nc3ccc4ccccc4c23)c1. The molecule has 5 aromatic heterocycles. The molecular formula is C73H43N7. The zero-order valence-corrected chi connectivity index (χ0v) is 43.0. The molecule has 5 heterocycles. The third kappa shape index (κ3) is 6.42. The van der Waals surface area contributed by atoms with Gasteiger partial charge in [-0.25, -0.2) is 9.97 Å². The Kier molecular flexibility index (Phi) is 9.35. The van der Waals surface area contributed by atoms with Gasteiger partial charge in [0.1, 0.15) is 0 Å². The van der Waals surface area contributed by atoms with Crippen molar-refractivity contribution in [3.63, 3.8) is 0 Å². The summed E-state index contributed by atoms with van der Waals surface area (Å²) in [6.07, 6.45) is 0. The quantitative estimate of drug-likeness (QED) is 0.156. The molecule has 12 aromatic carbocycles. The van der Waals surface area contributed by atoms with Gasteiger partial charge in [0.25, 0.3) is 0 Å². The molecule has 0 bridgehead atoms. The minimum absolute atomic E-state index is 0.568. The molecule has 80 heavy (non-hydrogen) atoms. The first-order valence-electron chi connectivity index (χ1n) is 27.0. The summed E-state index contributed by atoms with van der Waals surface area (Å²) in [5, 5.41) is 22.8. The standard InChI is InChI=1S/C73H43N7/c74-44-45-16-15-18-47(38-45)72-71-53-19-2-1-17-46(53)32-37-62(71)75-73(76-72)48-39-51(79-67-30-13-7-24-58(67)60-35-33-49(42-69(60)79)77-63-26-9-3-20-54(63)55-21-4-10-27-64(55)77)41-52(40-48)80-68-31-14-8-25-59(68)61-36-34-50(43-70(61)80)78-65-28-11-5-22-56(65)57-23-6-12-29-66(57)78/h1-43H. The van der Waals surface area contributed by atoms with Gasteiger partial charge in [0.05, 0.1) is 67.0 Å². The van der Waals surface area contributed by atoms with E-state index >= 15 is 0 Å². The fraction of sp³-hybridized carbons (Fsp3) is 0. The number of nitrogens with zero attached hydrogens (tertiary/aromatic N) is 7. The van der Waals surface area contributed by atoms with Crippen molar-refractivity contribution in [3.8, 4) is 51.5 Å². The number of nitriles is 1. The first-order chi connectivity index (χ1) is 39.6. The van der Waals surface area contributed by atoms with E-state index in [0.29, 0.717) is 11.4 Å². The number of aromatic nitrogens is 6. The van der Waals surface area contributed by atoms with Crippen LogP contribution in [0.3, 0.4) is 0 Å². The van der Waals surface area contributed by atoms with Crippen molar-refractivity contribution in [1.29, 1.82) is 5.26 Å². The van der Waals surface area contributed by atoms with E-state index in [0.717, 1.165) is 127 Å². The van der Waals surface area contributed by atoms with Crippen molar-refractivity contribution in [2.75, 3.05) is 0 Å². The predicted octanol–water partition coefficient (Wildman–Crippen LogP) is 18.4. The van der Waals surface area contributed by atoms with Gasteiger partial charge in [-0.3, -0.25) is 0 Å². The van der Waals surface area contributed by atoms with Crippen LogP contribution in [-0.4, -0.2) is 28.2 Å². The summed E-state index contributed by atoms with van der Waals surface area (Å²) in [6, 6.07) is 95.8. The number of benzene rings is 12. The van der Waals surface area contributed by atoms with Crippen LogP contribution in [0.15, 0.2) is 261 Å². The molecule has 0 aliphatic heterocycles. The van der Waals surface area contributed by atoms with E-state index in [4.69, 9.17) is 9.97 Å². The smallest absolute Gasteiger partial charge is 0.160 e. The van der Waals surface area contributed by atoms with Crippen LogP contribution in [0.1, 0.15) is 5.56 Å². The monoisotopic (exact) mass is 1020 g/mol. The minimum atomic E-state index is 0.568. The van der Waals surface area contributed by atoms with Crippen LogP contribution in [0, 0.1) is 11.3 Å². The highest BCUT2D eigenvalue weighted by molar-refractivity contribution is 6.15. The Bertz CT molecular complexity index is 5170. The highest BCUT2D eigenvalue weighted by Crippen LogP contribution is 2.42. The van der Waals surface area contributed by atoms with Gasteiger partial charge in [0.2, 0.25) is 0 Å². The molecule has 0 amide bonds. The average Bonchev–Trinajstić information content (AvgIpc) is 4.41. The van der Waals surface area contributed by atoms with Gasteiger partial charge < -0.3 is 18.3 Å². The Balaban J connectivity index is 0.984. The third-order valence-electron chi connectivity index (χ3n) is 16.5. The fourth-order valence-electron chi connectivity index (χ4n) is 13.1. The maximum atomic E-state index is 10.2. The zero-order chi connectivity index (χ0) is 52.6. The van der Waals surface area contributed by atoms with Gasteiger partial charge in [-0.15, -0.1) is 0 Å². The zero-order valence-electron chi connectivity index (χ0n) is 43.0. The van der Waals surface area contributed by atoms with Crippen LogP contribution in [0.2, 0.25) is 0 Å². The highest BCUT2D eigenvalue weighted by atomic mass is 15.0. The molecule has 0 atom stereocenters. The normalized spacial score (nSPS) is 12.0. The molecule has 0 N–H and O–H groups in total. The second-order valence-corrected chi connectivity index (χ2v) is 20.9. The predicted molar refractivity (Wildman–Crippen MR) is 330 cm³/mol. The summed E-state index contributed by atoms with van der Waals surface area (Å²) < 4.78 is 9.66. The molecule has 0 saturated heterocycles. The lowest BCUT2D eigenvalue weighted by atomic mass is 9.98. The minimum Gasteiger partial charge on any atom is -0.309 e. The van der Waals surface area contributed by atoms with E-state index in [1.807, 2.05) is 18.2 Å². The second kappa shape index (κ2) is 17.0. The molecule has 0 saturated carbocycles. The first-order valence-corrected chi connectivity index (χ1v) is 27.0. The molecule has 0 radical (unpaired) electrons. The molecule has 17 aromatic rings. The Morgan fingerprint density at radius 2 is 0.700 bits per heavy atom. The van der Waals surface area contributed by atoms with Crippen molar-refractivity contribution in [2.45, 2.75) is 0 Å². The van der Waals surface area contributed by atoms with Crippen LogP contribution in [0.4, 0.5) is 0 Å². The molecular weight excluding hydrogens is 975 g/mol. The fourth-order valence-corrected chi connectivity index (χ4v) is 13.1. The Morgan fingerprint density at radius 3 is 1.16 bits per heavy atom. The van der Waals surface area contributed by atoms with Crippen molar-refractivity contribution in [3.05, 3.63) is 266 Å².